The Balaban J connectivity index is 0.00000240. The SMILES string of the molecule is CC(C)c1ccc(S(=O)(=O)Nc2ccc3c(c2)CCN(CC2CC2)CC3)cc1.Cl. The Morgan fingerprint density at radius 3 is 2.28 bits per heavy atom. The molecule has 2 aliphatic rings. The maximum absolute atomic E-state index is 12.8. The normalized spacial score (nSPS) is 17.3. The lowest BCUT2D eigenvalue weighted by molar-refractivity contribution is 0.276. The number of fused-ring (bicyclic) bond motifs is 1. The molecule has 1 fully saturated rings. The topological polar surface area (TPSA) is 49.4 Å². The van der Waals surface area contributed by atoms with E-state index in [-0.39, 0.29) is 12.4 Å². The van der Waals surface area contributed by atoms with E-state index in [1.807, 2.05) is 24.3 Å². The van der Waals surface area contributed by atoms with Crippen LogP contribution >= 0.6 is 12.4 Å². The van der Waals surface area contributed by atoms with Crippen LogP contribution in [0.2, 0.25) is 0 Å². The molecule has 1 aliphatic carbocycles. The zero-order chi connectivity index (χ0) is 19.7. The van der Waals surface area contributed by atoms with Crippen LogP contribution in [-0.4, -0.2) is 33.0 Å². The van der Waals surface area contributed by atoms with Gasteiger partial charge in [-0.3, -0.25) is 4.72 Å². The smallest absolute Gasteiger partial charge is 0.261 e. The second-order valence-corrected chi connectivity index (χ2v) is 10.2. The molecule has 1 aliphatic heterocycles. The zero-order valence-electron chi connectivity index (χ0n) is 17.2. The summed E-state index contributed by atoms with van der Waals surface area (Å²) in [7, 11) is -3.57. The van der Waals surface area contributed by atoms with Crippen LogP contribution in [-0.2, 0) is 22.9 Å². The van der Waals surface area contributed by atoms with Crippen molar-refractivity contribution in [3.05, 3.63) is 59.2 Å². The van der Waals surface area contributed by atoms with Crippen molar-refractivity contribution in [1.82, 2.24) is 4.90 Å². The van der Waals surface area contributed by atoms with Crippen molar-refractivity contribution in [3.8, 4) is 0 Å². The van der Waals surface area contributed by atoms with E-state index in [0.717, 1.165) is 37.4 Å². The fourth-order valence-electron chi connectivity index (χ4n) is 3.93. The van der Waals surface area contributed by atoms with Crippen LogP contribution in [0, 0.1) is 5.92 Å². The Hall–Kier alpha value is -1.56. The fraction of sp³-hybridized carbons (Fsp3) is 0.478. The van der Waals surface area contributed by atoms with Gasteiger partial charge in [-0.05, 0) is 78.5 Å². The molecule has 0 radical (unpaired) electrons. The molecule has 0 bridgehead atoms. The predicted molar refractivity (Wildman–Crippen MR) is 122 cm³/mol. The first-order valence-corrected chi connectivity index (χ1v) is 11.9. The summed E-state index contributed by atoms with van der Waals surface area (Å²) < 4.78 is 28.3. The largest absolute Gasteiger partial charge is 0.302 e. The third kappa shape index (κ3) is 5.53. The number of hydrogen-bond donors (Lipinski definition) is 1. The van der Waals surface area contributed by atoms with Crippen molar-refractivity contribution in [2.75, 3.05) is 24.4 Å². The highest BCUT2D eigenvalue weighted by atomic mass is 35.5. The van der Waals surface area contributed by atoms with Gasteiger partial charge < -0.3 is 4.90 Å². The molecule has 2 aromatic rings. The Bertz CT molecular complexity index is 938. The third-order valence-electron chi connectivity index (χ3n) is 5.92. The van der Waals surface area contributed by atoms with E-state index in [2.05, 4.69) is 29.5 Å². The molecule has 0 atom stereocenters. The maximum Gasteiger partial charge on any atom is 0.261 e. The van der Waals surface area contributed by atoms with Crippen molar-refractivity contribution in [3.63, 3.8) is 0 Å². The predicted octanol–water partition coefficient (Wildman–Crippen LogP) is 4.84. The van der Waals surface area contributed by atoms with Gasteiger partial charge in [-0.1, -0.05) is 32.0 Å². The highest BCUT2D eigenvalue weighted by molar-refractivity contribution is 7.92. The number of rotatable bonds is 6. The average molecular weight is 435 g/mol. The van der Waals surface area contributed by atoms with Gasteiger partial charge in [0.1, 0.15) is 0 Å². The van der Waals surface area contributed by atoms with E-state index in [4.69, 9.17) is 0 Å². The van der Waals surface area contributed by atoms with Crippen molar-refractivity contribution in [2.24, 2.45) is 5.92 Å². The molecule has 0 aromatic heterocycles. The molecule has 0 amide bonds. The summed E-state index contributed by atoms with van der Waals surface area (Å²) in [6.45, 7) is 7.60. The molecule has 1 N–H and O–H groups in total. The summed E-state index contributed by atoms with van der Waals surface area (Å²) in [6.07, 6.45) is 4.80. The van der Waals surface area contributed by atoms with Crippen molar-refractivity contribution >= 4 is 28.1 Å². The first-order valence-electron chi connectivity index (χ1n) is 10.4. The lowest BCUT2D eigenvalue weighted by atomic mass is 10.0. The minimum absolute atomic E-state index is 0. The lowest BCUT2D eigenvalue weighted by Crippen LogP contribution is -2.28. The van der Waals surface area contributed by atoms with Gasteiger partial charge in [0.15, 0.2) is 0 Å². The van der Waals surface area contributed by atoms with E-state index < -0.39 is 10.0 Å². The van der Waals surface area contributed by atoms with E-state index in [1.54, 1.807) is 12.1 Å². The van der Waals surface area contributed by atoms with Crippen LogP contribution < -0.4 is 4.72 Å². The van der Waals surface area contributed by atoms with Crippen molar-refractivity contribution < 1.29 is 8.42 Å². The van der Waals surface area contributed by atoms with Crippen molar-refractivity contribution in [1.29, 1.82) is 0 Å². The van der Waals surface area contributed by atoms with Crippen LogP contribution in [0.15, 0.2) is 47.4 Å². The zero-order valence-corrected chi connectivity index (χ0v) is 18.9. The van der Waals surface area contributed by atoms with Gasteiger partial charge in [0.05, 0.1) is 4.90 Å². The molecule has 0 saturated heterocycles. The van der Waals surface area contributed by atoms with Crippen molar-refractivity contribution in [2.45, 2.75) is 50.3 Å². The number of benzene rings is 2. The van der Waals surface area contributed by atoms with Crippen LogP contribution in [0.5, 0.6) is 0 Å². The van der Waals surface area contributed by atoms with E-state index in [0.29, 0.717) is 16.5 Å². The number of sulfonamides is 1. The highest BCUT2D eigenvalue weighted by Crippen LogP contribution is 2.31. The van der Waals surface area contributed by atoms with Gasteiger partial charge in [-0.25, -0.2) is 8.42 Å². The quantitative estimate of drug-likeness (QED) is 0.707. The molecule has 4 nitrogen and oxygen atoms in total. The summed E-state index contributed by atoms with van der Waals surface area (Å²) in [5, 5.41) is 0. The average Bonchev–Trinajstić information content (AvgIpc) is 3.50. The third-order valence-corrected chi connectivity index (χ3v) is 7.32. The summed E-state index contributed by atoms with van der Waals surface area (Å²) >= 11 is 0. The monoisotopic (exact) mass is 434 g/mol. The van der Waals surface area contributed by atoms with Crippen LogP contribution in [0.3, 0.4) is 0 Å². The Kier molecular flexibility index (Phi) is 6.92. The van der Waals surface area contributed by atoms with Gasteiger partial charge in [0.25, 0.3) is 10.0 Å². The number of nitrogens with zero attached hydrogens (tertiary/aromatic N) is 1. The number of nitrogens with one attached hydrogen (secondary N) is 1. The molecule has 158 valence electrons. The molecule has 0 spiro atoms. The molecular formula is C23H31ClN2O2S. The summed E-state index contributed by atoms with van der Waals surface area (Å²) in [5.74, 6) is 1.29. The minimum Gasteiger partial charge on any atom is -0.302 e. The number of halogens is 1. The van der Waals surface area contributed by atoms with Gasteiger partial charge in [0.2, 0.25) is 0 Å². The summed E-state index contributed by atoms with van der Waals surface area (Å²) in [5.41, 5.74) is 4.42. The summed E-state index contributed by atoms with van der Waals surface area (Å²) in [4.78, 5) is 2.88. The second-order valence-electron chi connectivity index (χ2n) is 8.56. The van der Waals surface area contributed by atoms with E-state index in [9.17, 15) is 8.42 Å². The molecule has 29 heavy (non-hydrogen) atoms. The Morgan fingerprint density at radius 1 is 1.00 bits per heavy atom. The van der Waals surface area contributed by atoms with Crippen LogP contribution in [0.4, 0.5) is 5.69 Å². The van der Waals surface area contributed by atoms with E-state index >= 15 is 0 Å². The minimum atomic E-state index is -3.57. The molecule has 6 heteroatoms. The Morgan fingerprint density at radius 2 is 1.66 bits per heavy atom. The second kappa shape index (κ2) is 9.07. The molecule has 1 saturated carbocycles. The molecule has 1 heterocycles. The van der Waals surface area contributed by atoms with Crippen LogP contribution in [0.1, 0.15) is 49.3 Å². The molecule has 4 rings (SSSR count). The van der Waals surface area contributed by atoms with Gasteiger partial charge in [-0.15, -0.1) is 12.4 Å². The first kappa shape index (κ1) is 22.1. The Labute approximate surface area is 181 Å². The summed E-state index contributed by atoms with van der Waals surface area (Å²) in [6, 6.07) is 13.2. The lowest BCUT2D eigenvalue weighted by Gasteiger charge is -2.18. The van der Waals surface area contributed by atoms with E-state index in [1.165, 1.54) is 30.5 Å². The molecular weight excluding hydrogens is 404 g/mol. The number of anilines is 1. The molecule has 2 aromatic carbocycles. The maximum atomic E-state index is 12.8. The number of hydrogen-bond acceptors (Lipinski definition) is 3. The molecule has 0 unspecified atom stereocenters. The first-order chi connectivity index (χ1) is 13.4. The fourth-order valence-corrected chi connectivity index (χ4v) is 4.98. The van der Waals surface area contributed by atoms with Gasteiger partial charge in [-0.2, -0.15) is 0 Å². The standard InChI is InChI=1S/C23H30N2O2S.ClH/c1-17(2)19-6-9-23(10-7-19)28(26,27)24-22-8-5-20-11-13-25(16-18-3-4-18)14-12-21(20)15-22;/h5-10,15,17-18,24H,3-4,11-14,16H2,1-2H3;1H. The highest BCUT2D eigenvalue weighted by Gasteiger charge is 2.25. The van der Waals surface area contributed by atoms with Gasteiger partial charge >= 0.3 is 0 Å². The van der Waals surface area contributed by atoms with Gasteiger partial charge in [0, 0.05) is 25.3 Å². The van der Waals surface area contributed by atoms with Crippen LogP contribution in [0.25, 0.3) is 0 Å².